The van der Waals surface area contributed by atoms with Gasteiger partial charge in [0.1, 0.15) is 48.8 Å². The van der Waals surface area contributed by atoms with E-state index in [0.29, 0.717) is 12.8 Å². The van der Waals surface area contributed by atoms with Crippen LogP contribution in [0, 0.1) is 0 Å². The van der Waals surface area contributed by atoms with Crippen LogP contribution in [0.3, 0.4) is 0 Å². The first-order chi connectivity index (χ1) is 37.6. The number of aliphatic hydroxyl groups is 8. The van der Waals surface area contributed by atoms with E-state index in [1.54, 1.807) is 0 Å². The Morgan fingerprint density at radius 2 is 0.740 bits per heavy atom. The van der Waals surface area contributed by atoms with Gasteiger partial charge < -0.3 is 65.1 Å². The van der Waals surface area contributed by atoms with Crippen molar-refractivity contribution in [3.8, 4) is 0 Å². The van der Waals surface area contributed by atoms with Gasteiger partial charge in [-0.3, -0.25) is 4.79 Å². The van der Waals surface area contributed by atoms with Crippen LogP contribution in [0.2, 0.25) is 0 Å². The molecule has 2 heterocycles. The second kappa shape index (κ2) is 49.6. The summed E-state index contributed by atoms with van der Waals surface area (Å²) in [4.78, 5) is 13.3. The largest absolute Gasteiger partial charge is 0.394 e. The monoisotopic (exact) mass is 1100 g/mol. The van der Waals surface area contributed by atoms with Crippen LogP contribution in [0.25, 0.3) is 0 Å². The number of ether oxygens (including phenoxy) is 4. The summed E-state index contributed by atoms with van der Waals surface area (Å²) < 4.78 is 22.9. The highest BCUT2D eigenvalue weighted by molar-refractivity contribution is 5.76. The van der Waals surface area contributed by atoms with Crippen molar-refractivity contribution in [3.63, 3.8) is 0 Å². The third-order valence-corrected chi connectivity index (χ3v) is 16.6. The van der Waals surface area contributed by atoms with Gasteiger partial charge in [0.2, 0.25) is 5.91 Å². The smallest absolute Gasteiger partial charge is 0.220 e. The number of carbonyl (C=O) groups is 1. The highest BCUT2D eigenvalue weighted by Gasteiger charge is 2.51. The fraction of sp³-hybridized carbons (Fsp3) is 0.984. The summed E-state index contributed by atoms with van der Waals surface area (Å²) in [6, 6.07) is -0.823. The molecule has 14 nitrogen and oxygen atoms in total. The summed E-state index contributed by atoms with van der Waals surface area (Å²) in [6.45, 7) is 2.91. The SMILES string of the molecule is CCCCCCCCCCCCCCCCCCCCCCCCCCCCCC(=O)NC(COC1OC(CO)C(OC2OC(CO)C(O)C(O)C2O)C(O)C1O)C(O)CCCCCCCCCCCCCCCCCC. The molecule has 2 aliphatic heterocycles. The molecule has 0 spiro atoms. The van der Waals surface area contributed by atoms with Crippen LogP contribution in [-0.4, -0.2) is 140 Å². The summed E-state index contributed by atoms with van der Waals surface area (Å²) in [5, 5.41) is 87.4. The van der Waals surface area contributed by atoms with Crippen LogP contribution in [0.4, 0.5) is 0 Å². The molecular formula is C63H123NO13. The van der Waals surface area contributed by atoms with Gasteiger partial charge in [-0.15, -0.1) is 0 Å². The fourth-order valence-corrected chi connectivity index (χ4v) is 11.3. The molecule has 12 unspecified atom stereocenters. The Hall–Kier alpha value is -1.01. The van der Waals surface area contributed by atoms with E-state index in [2.05, 4.69) is 19.2 Å². The van der Waals surface area contributed by atoms with Crippen molar-refractivity contribution in [2.45, 2.75) is 376 Å². The number of amides is 1. The maximum Gasteiger partial charge on any atom is 0.220 e. The van der Waals surface area contributed by atoms with Gasteiger partial charge in [0.15, 0.2) is 12.6 Å². The second-order valence-corrected chi connectivity index (χ2v) is 23.6. The summed E-state index contributed by atoms with van der Waals surface area (Å²) in [6.07, 6.45) is 39.7. The molecule has 0 aromatic rings. The topological polar surface area (TPSA) is 228 Å². The minimum atomic E-state index is -1.78. The molecule has 2 aliphatic rings. The van der Waals surface area contributed by atoms with Gasteiger partial charge in [-0.05, 0) is 12.8 Å². The molecule has 2 saturated heterocycles. The van der Waals surface area contributed by atoms with Crippen molar-refractivity contribution >= 4 is 5.91 Å². The molecule has 0 aromatic carbocycles. The van der Waals surface area contributed by atoms with Gasteiger partial charge in [0.05, 0.1) is 32.0 Å². The van der Waals surface area contributed by atoms with Gasteiger partial charge in [0.25, 0.3) is 0 Å². The van der Waals surface area contributed by atoms with E-state index in [9.17, 15) is 45.6 Å². The van der Waals surface area contributed by atoms with Crippen molar-refractivity contribution in [2.24, 2.45) is 0 Å². The Labute approximate surface area is 470 Å². The Morgan fingerprint density at radius 1 is 0.416 bits per heavy atom. The first kappa shape index (κ1) is 72.1. The van der Waals surface area contributed by atoms with Crippen molar-refractivity contribution < 1.29 is 64.6 Å². The molecule has 0 aromatic heterocycles. The quantitative estimate of drug-likeness (QED) is 0.0259. The van der Waals surface area contributed by atoms with Gasteiger partial charge in [-0.1, -0.05) is 284 Å². The molecular weight excluding hydrogens is 979 g/mol. The summed E-state index contributed by atoms with van der Waals surface area (Å²) in [5.41, 5.74) is 0. The zero-order valence-electron chi connectivity index (χ0n) is 49.5. The number of rotatable bonds is 54. The standard InChI is InChI=1S/C63H123NO13/c1-3-5-7-9-11-13-15-17-19-21-22-23-24-25-26-27-28-29-30-31-33-35-37-39-41-43-45-47-55(68)64-51(52(67)46-44-42-40-38-36-34-32-20-18-16-14-12-10-8-6-4-2)50-74-62-60(73)58(71)61(54(49-66)76-62)77-63-59(72)57(70)56(69)53(48-65)75-63/h51-54,56-63,65-67,69-73H,3-50H2,1-2H3,(H,64,68). The number of nitrogens with one attached hydrogen (secondary N) is 1. The Kier molecular flexibility index (Phi) is 46.4. The summed E-state index contributed by atoms with van der Waals surface area (Å²) in [7, 11) is 0. The second-order valence-electron chi connectivity index (χ2n) is 23.6. The van der Waals surface area contributed by atoms with Crippen LogP contribution >= 0.6 is 0 Å². The molecule has 2 fully saturated rings. The average molecular weight is 1100 g/mol. The third-order valence-electron chi connectivity index (χ3n) is 16.6. The zero-order chi connectivity index (χ0) is 56.0. The van der Waals surface area contributed by atoms with E-state index in [0.717, 1.165) is 51.4 Å². The predicted molar refractivity (Wildman–Crippen MR) is 309 cm³/mol. The van der Waals surface area contributed by atoms with Crippen LogP contribution in [-0.2, 0) is 23.7 Å². The molecule has 2 rings (SSSR count). The zero-order valence-corrected chi connectivity index (χ0v) is 49.5. The van der Waals surface area contributed by atoms with E-state index in [1.165, 1.54) is 225 Å². The normalized spacial score (nSPS) is 24.6. The minimum absolute atomic E-state index is 0.199. The molecule has 12 atom stereocenters. The van der Waals surface area contributed by atoms with Crippen LogP contribution in [0.15, 0.2) is 0 Å². The van der Waals surface area contributed by atoms with Crippen molar-refractivity contribution in [1.82, 2.24) is 5.32 Å². The molecule has 14 heteroatoms. The first-order valence-electron chi connectivity index (χ1n) is 32.8. The van der Waals surface area contributed by atoms with Crippen LogP contribution in [0.5, 0.6) is 0 Å². The number of hydrogen-bond donors (Lipinski definition) is 9. The predicted octanol–water partition coefficient (Wildman–Crippen LogP) is 12.1. The molecule has 0 bridgehead atoms. The number of hydrogen-bond acceptors (Lipinski definition) is 13. The lowest BCUT2D eigenvalue weighted by Gasteiger charge is -2.46. The molecule has 1 amide bonds. The number of carbonyl (C=O) groups excluding carboxylic acids is 1. The summed E-state index contributed by atoms with van der Waals surface area (Å²) >= 11 is 0. The lowest BCUT2D eigenvalue weighted by atomic mass is 9.97. The molecule has 0 radical (unpaired) electrons. The van der Waals surface area contributed by atoms with Gasteiger partial charge >= 0.3 is 0 Å². The third kappa shape index (κ3) is 34.9. The molecule has 0 aliphatic carbocycles. The number of aliphatic hydroxyl groups excluding tert-OH is 8. The lowest BCUT2D eigenvalue weighted by Crippen LogP contribution is -2.65. The van der Waals surface area contributed by atoms with Gasteiger partial charge in [-0.2, -0.15) is 0 Å². The molecule has 77 heavy (non-hydrogen) atoms. The van der Waals surface area contributed by atoms with E-state index in [4.69, 9.17) is 18.9 Å². The molecule has 9 N–H and O–H groups in total. The molecule has 0 saturated carbocycles. The highest BCUT2D eigenvalue weighted by atomic mass is 16.7. The number of unbranched alkanes of at least 4 members (excludes halogenated alkanes) is 41. The van der Waals surface area contributed by atoms with E-state index in [-0.39, 0.29) is 12.5 Å². The van der Waals surface area contributed by atoms with Crippen molar-refractivity contribution in [3.05, 3.63) is 0 Å². The van der Waals surface area contributed by atoms with E-state index in [1.807, 2.05) is 0 Å². The van der Waals surface area contributed by atoms with Crippen molar-refractivity contribution in [2.75, 3.05) is 19.8 Å². The Bertz CT molecular complexity index is 1300. The fourth-order valence-electron chi connectivity index (χ4n) is 11.3. The maximum absolute atomic E-state index is 13.3. The van der Waals surface area contributed by atoms with Crippen LogP contribution < -0.4 is 5.32 Å². The average Bonchev–Trinajstić information content (AvgIpc) is 3.43. The maximum atomic E-state index is 13.3. The van der Waals surface area contributed by atoms with Gasteiger partial charge in [-0.25, -0.2) is 0 Å². The summed E-state index contributed by atoms with van der Waals surface area (Å²) in [5.74, 6) is -0.199. The highest BCUT2D eigenvalue weighted by Crippen LogP contribution is 2.30. The molecule has 458 valence electrons. The van der Waals surface area contributed by atoms with Gasteiger partial charge in [0, 0.05) is 6.42 Å². The Balaban J connectivity index is 1.67. The Morgan fingerprint density at radius 3 is 1.10 bits per heavy atom. The van der Waals surface area contributed by atoms with Crippen LogP contribution in [0.1, 0.15) is 303 Å². The van der Waals surface area contributed by atoms with E-state index < -0.39 is 86.8 Å². The lowest BCUT2D eigenvalue weighted by molar-refractivity contribution is -0.359. The van der Waals surface area contributed by atoms with E-state index >= 15 is 0 Å². The minimum Gasteiger partial charge on any atom is -0.394 e. The van der Waals surface area contributed by atoms with Crippen molar-refractivity contribution in [1.29, 1.82) is 0 Å². The first-order valence-corrected chi connectivity index (χ1v) is 32.8.